The lowest BCUT2D eigenvalue weighted by Gasteiger charge is -2.29. The van der Waals surface area contributed by atoms with Gasteiger partial charge in [0.25, 0.3) is 0 Å². The molecule has 0 amide bonds. The Kier molecular flexibility index (Phi) is 7.22. The lowest BCUT2D eigenvalue weighted by Crippen LogP contribution is -2.35. The molecule has 0 radical (unpaired) electrons. The van der Waals surface area contributed by atoms with E-state index >= 15 is 0 Å². The van der Waals surface area contributed by atoms with Crippen molar-refractivity contribution in [1.82, 2.24) is 15.1 Å². The molecule has 0 unspecified atom stereocenters. The van der Waals surface area contributed by atoms with Crippen molar-refractivity contribution in [3.63, 3.8) is 0 Å². The molecule has 0 atom stereocenters. The van der Waals surface area contributed by atoms with E-state index in [2.05, 4.69) is 39.4 Å². The van der Waals surface area contributed by atoms with Crippen molar-refractivity contribution in [2.75, 3.05) is 13.1 Å². The summed E-state index contributed by atoms with van der Waals surface area (Å²) in [5, 5.41) is 18.0. The summed E-state index contributed by atoms with van der Waals surface area (Å²) in [5.41, 5.74) is 3.96. The van der Waals surface area contributed by atoms with Crippen LogP contribution in [0.3, 0.4) is 0 Å². The summed E-state index contributed by atoms with van der Waals surface area (Å²) in [6.45, 7) is 2.99. The number of aryl methyl sites for hydroxylation is 2. The van der Waals surface area contributed by atoms with Crippen LogP contribution in [-0.2, 0) is 26.0 Å². The molecule has 31 heavy (non-hydrogen) atoms. The van der Waals surface area contributed by atoms with Crippen LogP contribution < -0.4 is 4.74 Å². The largest absolute Gasteiger partial charge is 0.472 e. The quantitative estimate of drug-likeness (QED) is 0.597. The Labute approximate surface area is 182 Å². The third kappa shape index (κ3) is 6.32. The van der Waals surface area contributed by atoms with Gasteiger partial charge in [-0.25, -0.2) is 4.39 Å². The number of rotatable bonds is 8. The van der Waals surface area contributed by atoms with E-state index < -0.39 is 0 Å². The standard InChI is InChI=1S/C25H28FN3O2/c26-24-4-2-1-3-21(24)18-31-25-12-11-22(27-28-25)10-9-19-5-7-20(8-6-19)17-29-15-13-23(30)14-16-29/h1-8,11-12,23,30H,9-10,13-18H2. The van der Waals surface area contributed by atoms with Gasteiger partial charge in [-0.3, -0.25) is 4.90 Å². The fourth-order valence-electron chi connectivity index (χ4n) is 3.74. The van der Waals surface area contributed by atoms with Crippen molar-refractivity contribution in [1.29, 1.82) is 0 Å². The first-order valence-corrected chi connectivity index (χ1v) is 10.8. The summed E-state index contributed by atoms with van der Waals surface area (Å²) in [4.78, 5) is 2.40. The molecule has 3 aromatic rings. The molecule has 0 saturated carbocycles. The molecule has 1 fully saturated rings. The highest BCUT2D eigenvalue weighted by molar-refractivity contribution is 5.24. The Morgan fingerprint density at radius 3 is 2.35 bits per heavy atom. The highest BCUT2D eigenvalue weighted by Crippen LogP contribution is 2.16. The molecule has 0 spiro atoms. The number of aliphatic hydroxyl groups is 1. The fourth-order valence-corrected chi connectivity index (χ4v) is 3.74. The van der Waals surface area contributed by atoms with Crippen LogP contribution in [0.1, 0.15) is 35.2 Å². The molecule has 5 nitrogen and oxygen atoms in total. The Hall–Kier alpha value is -2.83. The maximum Gasteiger partial charge on any atom is 0.233 e. The highest BCUT2D eigenvalue weighted by Gasteiger charge is 2.16. The first kappa shape index (κ1) is 21.4. The third-order valence-corrected chi connectivity index (χ3v) is 5.68. The van der Waals surface area contributed by atoms with Gasteiger partial charge in [0.1, 0.15) is 12.4 Å². The SMILES string of the molecule is OC1CCN(Cc2ccc(CCc3ccc(OCc4ccccc4F)nn3)cc2)CC1. The Bertz CT molecular complexity index is 955. The molecule has 1 N–H and O–H groups in total. The van der Waals surface area contributed by atoms with E-state index in [9.17, 15) is 9.50 Å². The molecule has 1 saturated heterocycles. The van der Waals surface area contributed by atoms with Gasteiger partial charge in [0.15, 0.2) is 0 Å². The predicted molar refractivity (Wildman–Crippen MR) is 117 cm³/mol. The van der Waals surface area contributed by atoms with Crippen LogP contribution in [0.4, 0.5) is 4.39 Å². The van der Waals surface area contributed by atoms with Crippen LogP contribution in [0.25, 0.3) is 0 Å². The summed E-state index contributed by atoms with van der Waals surface area (Å²) < 4.78 is 19.2. The molecule has 162 valence electrons. The summed E-state index contributed by atoms with van der Waals surface area (Å²) >= 11 is 0. The minimum atomic E-state index is -0.284. The van der Waals surface area contributed by atoms with Crippen LogP contribution >= 0.6 is 0 Å². The van der Waals surface area contributed by atoms with Gasteiger partial charge in [-0.05, 0) is 48.9 Å². The van der Waals surface area contributed by atoms with Gasteiger partial charge in [0.05, 0.1) is 11.8 Å². The molecule has 1 aromatic heterocycles. The van der Waals surface area contributed by atoms with Crippen LogP contribution in [0.2, 0.25) is 0 Å². The molecule has 2 aromatic carbocycles. The van der Waals surface area contributed by atoms with Crippen molar-refractivity contribution in [2.24, 2.45) is 0 Å². The van der Waals surface area contributed by atoms with Crippen molar-refractivity contribution < 1.29 is 14.2 Å². The van der Waals surface area contributed by atoms with E-state index in [1.54, 1.807) is 24.3 Å². The predicted octanol–water partition coefficient (Wildman–Crippen LogP) is 3.94. The van der Waals surface area contributed by atoms with Gasteiger partial charge in [-0.15, -0.1) is 5.10 Å². The van der Waals surface area contributed by atoms with Crippen LogP contribution in [0.15, 0.2) is 60.7 Å². The normalized spacial score (nSPS) is 15.2. The smallest absolute Gasteiger partial charge is 0.233 e. The van der Waals surface area contributed by atoms with Crippen molar-refractivity contribution in [3.8, 4) is 5.88 Å². The summed E-state index contributed by atoms with van der Waals surface area (Å²) in [6, 6.07) is 18.9. The summed E-state index contributed by atoms with van der Waals surface area (Å²) in [5.74, 6) is 0.106. The van der Waals surface area contributed by atoms with E-state index in [1.807, 2.05) is 6.07 Å². The number of nitrogens with zero attached hydrogens (tertiary/aromatic N) is 3. The zero-order valence-corrected chi connectivity index (χ0v) is 17.6. The molecular weight excluding hydrogens is 393 g/mol. The average molecular weight is 422 g/mol. The number of ether oxygens (including phenoxy) is 1. The second-order valence-corrected chi connectivity index (χ2v) is 8.07. The van der Waals surface area contributed by atoms with Crippen LogP contribution in [0.5, 0.6) is 5.88 Å². The summed E-state index contributed by atoms with van der Waals surface area (Å²) in [7, 11) is 0. The fraction of sp³-hybridized carbons (Fsp3) is 0.360. The molecule has 2 heterocycles. The third-order valence-electron chi connectivity index (χ3n) is 5.68. The van der Waals surface area contributed by atoms with E-state index in [0.29, 0.717) is 11.4 Å². The van der Waals surface area contributed by atoms with Gasteiger partial charge in [-0.2, -0.15) is 5.10 Å². The van der Waals surface area contributed by atoms with Gasteiger partial charge < -0.3 is 9.84 Å². The van der Waals surface area contributed by atoms with E-state index in [1.165, 1.54) is 17.2 Å². The van der Waals surface area contributed by atoms with Crippen molar-refractivity contribution in [2.45, 2.75) is 44.9 Å². The number of aliphatic hydroxyl groups excluding tert-OH is 1. The zero-order chi connectivity index (χ0) is 21.5. The Balaban J connectivity index is 1.23. The minimum absolute atomic E-state index is 0.130. The second kappa shape index (κ2) is 10.5. The van der Waals surface area contributed by atoms with E-state index in [0.717, 1.165) is 51.0 Å². The number of likely N-dealkylation sites (tertiary alicyclic amines) is 1. The molecule has 4 rings (SSSR count). The van der Waals surface area contributed by atoms with Crippen LogP contribution in [-0.4, -0.2) is 39.4 Å². The second-order valence-electron chi connectivity index (χ2n) is 8.07. The number of hydrogen-bond acceptors (Lipinski definition) is 5. The van der Waals surface area contributed by atoms with Gasteiger partial charge in [0.2, 0.25) is 5.88 Å². The minimum Gasteiger partial charge on any atom is -0.472 e. The van der Waals surface area contributed by atoms with Crippen LogP contribution in [0, 0.1) is 5.82 Å². The monoisotopic (exact) mass is 421 g/mol. The number of aromatic nitrogens is 2. The molecule has 6 heteroatoms. The topological polar surface area (TPSA) is 58.5 Å². The van der Waals surface area contributed by atoms with E-state index in [4.69, 9.17) is 4.74 Å². The highest BCUT2D eigenvalue weighted by atomic mass is 19.1. The zero-order valence-electron chi connectivity index (χ0n) is 17.6. The van der Waals surface area contributed by atoms with Gasteiger partial charge in [0, 0.05) is 31.3 Å². The summed E-state index contributed by atoms with van der Waals surface area (Å²) in [6.07, 6.45) is 3.29. The first-order chi connectivity index (χ1) is 15.2. The molecule has 0 aliphatic carbocycles. The number of benzene rings is 2. The lowest BCUT2D eigenvalue weighted by molar-refractivity contribution is 0.0792. The molecular formula is C25H28FN3O2. The Morgan fingerprint density at radius 1 is 0.903 bits per heavy atom. The number of hydrogen-bond donors (Lipinski definition) is 1. The Morgan fingerprint density at radius 2 is 1.65 bits per heavy atom. The number of piperidine rings is 1. The van der Waals surface area contributed by atoms with Crippen molar-refractivity contribution >= 4 is 0 Å². The molecule has 1 aliphatic heterocycles. The maximum absolute atomic E-state index is 13.6. The lowest BCUT2D eigenvalue weighted by atomic mass is 10.0. The van der Waals surface area contributed by atoms with E-state index in [-0.39, 0.29) is 18.5 Å². The maximum atomic E-state index is 13.6. The van der Waals surface area contributed by atoms with Crippen molar-refractivity contribution in [3.05, 3.63) is 88.9 Å². The first-order valence-electron chi connectivity index (χ1n) is 10.8. The number of halogens is 1. The molecule has 0 bridgehead atoms. The average Bonchev–Trinajstić information content (AvgIpc) is 2.80. The van der Waals surface area contributed by atoms with Gasteiger partial charge in [-0.1, -0.05) is 42.5 Å². The molecule has 1 aliphatic rings. The van der Waals surface area contributed by atoms with Gasteiger partial charge >= 0.3 is 0 Å².